The van der Waals surface area contributed by atoms with Crippen LogP contribution in [0.3, 0.4) is 0 Å². The third kappa shape index (κ3) is 2.88. The van der Waals surface area contributed by atoms with Crippen LogP contribution in [0, 0.1) is 5.82 Å². The van der Waals surface area contributed by atoms with Crippen LogP contribution in [-0.4, -0.2) is 14.8 Å². The summed E-state index contributed by atoms with van der Waals surface area (Å²) in [6.45, 7) is 0.707. The molecule has 7 heteroatoms. The summed E-state index contributed by atoms with van der Waals surface area (Å²) in [7, 11) is 0. The lowest BCUT2D eigenvalue weighted by atomic mass is 9.94. The topological polar surface area (TPSA) is 30.7 Å². The van der Waals surface area contributed by atoms with Gasteiger partial charge in [-0.25, -0.2) is 4.39 Å². The van der Waals surface area contributed by atoms with Crippen LogP contribution in [0.25, 0.3) is 33.3 Å². The Morgan fingerprint density at radius 3 is 2.66 bits per heavy atom. The molecule has 0 N–H and O–H groups in total. The minimum Gasteiger partial charge on any atom is -0.268 e. The molecule has 29 heavy (non-hydrogen) atoms. The van der Waals surface area contributed by atoms with E-state index in [1.807, 2.05) is 35.0 Å². The Kier molecular flexibility index (Phi) is 3.94. The van der Waals surface area contributed by atoms with Gasteiger partial charge in [0.2, 0.25) is 0 Å². The number of benzene rings is 2. The average molecular weight is 397 g/mol. The predicted octanol–water partition coefficient (Wildman–Crippen LogP) is 5.87. The molecule has 5 rings (SSSR count). The van der Waals surface area contributed by atoms with Crippen LogP contribution in [0.15, 0.2) is 54.7 Å². The molecule has 3 nitrogen and oxygen atoms in total. The third-order valence-electron chi connectivity index (χ3n) is 5.30. The maximum atomic E-state index is 13.8. The van der Waals surface area contributed by atoms with E-state index in [1.165, 1.54) is 6.07 Å². The first-order chi connectivity index (χ1) is 13.9. The maximum Gasteiger partial charge on any atom is 0.419 e. The molecular formula is C22H15F4N3. The fourth-order valence-corrected chi connectivity index (χ4v) is 4.02. The molecule has 4 aromatic rings. The van der Waals surface area contributed by atoms with Crippen molar-refractivity contribution in [2.45, 2.75) is 25.6 Å². The summed E-state index contributed by atoms with van der Waals surface area (Å²) in [4.78, 5) is 4.38. The summed E-state index contributed by atoms with van der Waals surface area (Å²) >= 11 is 0. The van der Waals surface area contributed by atoms with E-state index in [2.05, 4.69) is 10.1 Å². The highest BCUT2D eigenvalue weighted by Gasteiger charge is 2.35. The summed E-state index contributed by atoms with van der Waals surface area (Å²) in [5.41, 5.74) is 2.83. The van der Waals surface area contributed by atoms with Gasteiger partial charge in [-0.15, -0.1) is 0 Å². The molecule has 0 fully saturated rings. The summed E-state index contributed by atoms with van der Waals surface area (Å²) < 4.78 is 55.5. The van der Waals surface area contributed by atoms with Gasteiger partial charge in [-0.05, 0) is 48.7 Å². The number of halogens is 4. The molecular weight excluding hydrogens is 382 g/mol. The van der Waals surface area contributed by atoms with Crippen molar-refractivity contribution in [2.75, 3.05) is 0 Å². The fourth-order valence-electron chi connectivity index (χ4n) is 4.02. The zero-order chi connectivity index (χ0) is 20.2. The number of nitrogens with zero attached hydrogens (tertiary/aromatic N) is 3. The van der Waals surface area contributed by atoms with E-state index in [9.17, 15) is 17.6 Å². The number of pyridine rings is 1. The molecule has 0 aliphatic carbocycles. The minimum absolute atomic E-state index is 0.247. The van der Waals surface area contributed by atoms with Crippen LogP contribution in [-0.2, 0) is 19.1 Å². The number of fused-ring (bicyclic) bond motifs is 2. The van der Waals surface area contributed by atoms with Crippen molar-refractivity contribution < 1.29 is 17.6 Å². The number of alkyl halides is 3. The Labute approximate surface area is 163 Å². The Hall–Kier alpha value is -3.22. The second kappa shape index (κ2) is 6.40. The molecule has 0 spiro atoms. The van der Waals surface area contributed by atoms with Gasteiger partial charge in [-0.2, -0.15) is 18.3 Å². The van der Waals surface area contributed by atoms with Gasteiger partial charge in [-0.3, -0.25) is 9.67 Å². The fraction of sp³-hybridized carbons (Fsp3) is 0.182. The molecule has 3 heterocycles. The van der Waals surface area contributed by atoms with Crippen molar-refractivity contribution in [1.29, 1.82) is 0 Å². The van der Waals surface area contributed by atoms with Crippen LogP contribution in [0.2, 0.25) is 0 Å². The number of aromatic nitrogens is 3. The largest absolute Gasteiger partial charge is 0.419 e. The second-order valence-electron chi connectivity index (χ2n) is 7.07. The average Bonchev–Trinajstić information content (AvgIpc) is 3.28. The Morgan fingerprint density at radius 1 is 1.00 bits per heavy atom. The predicted molar refractivity (Wildman–Crippen MR) is 102 cm³/mol. The van der Waals surface area contributed by atoms with Crippen LogP contribution >= 0.6 is 0 Å². The van der Waals surface area contributed by atoms with Crippen LogP contribution < -0.4 is 0 Å². The normalized spacial score (nSPS) is 13.8. The van der Waals surface area contributed by atoms with Crippen LogP contribution in [0.5, 0.6) is 0 Å². The first kappa shape index (κ1) is 17.8. The third-order valence-corrected chi connectivity index (χ3v) is 5.30. The van der Waals surface area contributed by atoms with E-state index in [4.69, 9.17) is 0 Å². The number of aryl methyl sites for hydroxylation is 1. The van der Waals surface area contributed by atoms with Gasteiger partial charge < -0.3 is 0 Å². The zero-order valence-electron chi connectivity index (χ0n) is 15.2. The summed E-state index contributed by atoms with van der Waals surface area (Å²) in [5.74, 6) is -1.29. The van der Waals surface area contributed by atoms with Gasteiger partial charge in [-0.1, -0.05) is 18.2 Å². The highest BCUT2D eigenvalue weighted by Crippen LogP contribution is 2.41. The van der Waals surface area contributed by atoms with E-state index >= 15 is 0 Å². The van der Waals surface area contributed by atoms with Crippen molar-refractivity contribution >= 4 is 10.9 Å². The summed E-state index contributed by atoms with van der Waals surface area (Å²) in [5, 5.41) is 5.50. The number of para-hydroxylation sites is 1. The maximum absolute atomic E-state index is 13.8. The molecule has 0 saturated heterocycles. The molecule has 0 radical (unpaired) electrons. The van der Waals surface area contributed by atoms with E-state index in [1.54, 1.807) is 6.20 Å². The monoisotopic (exact) mass is 397 g/mol. The van der Waals surface area contributed by atoms with Gasteiger partial charge in [0.1, 0.15) is 11.5 Å². The lowest BCUT2D eigenvalue weighted by Gasteiger charge is -2.12. The molecule has 0 unspecified atom stereocenters. The number of hydrogen-bond donors (Lipinski definition) is 0. The van der Waals surface area contributed by atoms with Gasteiger partial charge >= 0.3 is 6.18 Å². The van der Waals surface area contributed by atoms with Crippen molar-refractivity contribution in [3.63, 3.8) is 0 Å². The molecule has 0 saturated carbocycles. The molecule has 2 aromatic carbocycles. The molecule has 0 atom stereocenters. The second-order valence-corrected chi connectivity index (χ2v) is 7.07. The molecule has 1 aliphatic heterocycles. The van der Waals surface area contributed by atoms with Gasteiger partial charge in [0, 0.05) is 34.9 Å². The Morgan fingerprint density at radius 2 is 1.83 bits per heavy atom. The Balaban J connectivity index is 1.79. The van der Waals surface area contributed by atoms with Gasteiger partial charge in [0.15, 0.2) is 0 Å². The van der Waals surface area contributed by atoms with E-state index < -0.39 is 17.6 Å². The van der Waals surface area contributed by atoms with Crippen molar-refractivity contribution in [1.82, 2.24) is 14.8 Å². The standard InChI is InChI=1S/C22H15F4N3/c23-17-8-7-13(12-16(17)22(24,25)26)21-20(19-6-3-11-29(19)28-21)15-9-10-27-18-5-2-1-4-14(15)18/h1-2,4-5,7-10,12H,3,6,11H2. The number of hydrogen-bond acceptors (Lipinski definition) is 2. The quantitative estimate of drug-likeness (QED) is 0.396. The highest BCUT2D eigenvalue weighted by atomic mass is 19.4. The van der Waals surface area contributed by atoms with Crippen molar-refractivity contribution in [3.8, 4) is 22.4 Å². The lowest BCUT2D eigenvalue weighted by molar-refractivity contribution is -0.139. The van der Waals surface area contributed by atoms with Crippen LogP contribution in [0.1, 0.15) is 17.7 Å². The summed E-state index contributed by atoms with van der Waals surface area (Å²) in [6.07, 6.45) is -1.37. The van der Waals surface area contributed by atoms with E-state index in [-0.39, 0.29) is 5.56 Å². The first-order valence-corrected chi connectivity index (χ1v) is 9.24. The minimum atomic E-state index is -4.77. The molecule has 0 amide bonds. The van der Waals surface area contributed by atoms with Gasteiger partial charge in [0.05, 0.1) is 11.1 Å². The molecule has 0 bridgehead atoms. The molecule has 2 aromatic heterocycles. The smallest absolute Gasteiger partial charge is 0.268 e. The first-order valence-electron chi connectivity index (χ1n) is 9.24. The SMILES string of the molecule is Fc1ccc(-c2nn3c(c2-c2ccnc4ccccc24)CCC3)cc1C(F)(F)F. The summed E-state index contributed by atoms with van der Waals surface area (Å²) in [6, 6.07) is 12.5. The number of rotatable bonds is 2. The van der Waals surface area contributed by atoms with E-state index in [0.717, 1.165) is 52.7 Å². The van der Waals surface area contributed by atoms with Gasteiger partial charge in [0.25, 0.3) is 0 Å². The van der Waals surface area contributed by atoms with E-state index in [0.29, 0.717) is 12.2 Å². The Bertz CT molecular complexity index is 1240. The zero-order valence-corrected chi connectivity index (χ0v) is 15.2. The highest BCUT2D eigenvalue weighted by molar-refractivity contribution is 5.99. The van der Waals surface area contributed by atoms with Crippen LogP contribution in [0.4, 0.5) is 17.6 Å². The molecule has 1 aliphatic rings. The van der Waals surface area contributed by atoms with Crippen molar-refractivity contribution in [2.24, 2.45) is 0 Å². The lowest BCUT2D eigenvalue weighted by Crippen LogP contribution is -2.08. The van der Waals surface area contributed by atoms with Crippen molar-refractivity contribution in [3.05, 3.63) is 71.8 Å². The molecule has 146 valence electrons.